The van der Waals surface area contributed by atoms with Gasteiger partial charge in [-0.25, -0.2) is 4.98 Å². The van der Waals surface area contributed by atoms with Gasteiger partial charge in [0.25, 0.3) is 5.91 Å². The first-order valence-electron chi connectivity index (χ1n) is 10.7. The van der Waals surface area contributed by atoms with E-state index in [1.807, 2.05) is 55.6 Å². The Morgan fingerprint density at radius 1 is 0.971 bits per heavy atom. The van der Waals surface area contributed by atoms with Crippen molar-refractivity contribution in [2.45, 2.75) is 40.2 Å². The Balaban J connectivity index is 0.00000342. The third-order valence-corrected chi connectivity index (χ3v) is 5.21. The second-order valence-corrected chi connectivity index (χ2v) is 7.61. The number of halogens is 3. The molecule has 0 radical (unpaired) electrons. The molecule has 0 saturated carbocycles. The second kappa shape index (κ2) is 10.9. The number of carbonyl (C=O) groups is 1. The average Bonchev–Trinajstić information content (AvgIpc) is 3.21. The molecule has 9 heteroatoms. The molecule has 2 aromatic carbocycles. The molecule has 0 aliphatic rings. The van der Waals surface area contributed by atoms with Gasteiger partial charge >= 0.3 is 6.36 Å². The van der Waals surface area contributed by atoms with Crippen molar-refractivity contribution in [1.29, 1.82) is 0 Å². The van der Waals surface area contributed by atoms with E-state index in [1.165, 1.54) is 12.1 Å². The van der Waals surface area contributed by atoms with Crippen molar-refractivity contribution in [2.24, 2.45) is 0 Å². The molecule has 4 rings (SSSR count). The van der Waals surface area contributed by atoms with E-state index in [0.29, 0.717) is 25.2 Å². The lowest BCUT2D eigenvalue weighted by Gasteiger charge is -2.11. The van der Waals surface area contributed by atoms with Gasteiger partial charge < -0.3 is 15.4 Å². The molecule has 2 heterocycles. The number of fused-ring (bicyclic) bond motifs is 1. The minimum Gasteiger partial charge on any atom is -0.406 e. The SMILES string of the molecule is C.CCc1nc2ccccn2c1C(=O)NCc1ccc(NCc2ccc(OC(F)(F)F)cc2)cc1. The van der Waals surface area contributed by atoms with Gasteiger partial charge in [0, 0.05) is 25.0 Å². The van der Waals surface area contributed by atoms with E-state index in [1.54, 1.807) is 16.5 Å². The van der Waals surface area contributed by atoms with Gasteiger partial charge in [-0.15, -0.1) is 13.2 Å². The number of hydrogen-bond acceptors (Lipinski definition) is 4. The molecule has 2 aromatic heterocycles. The van der Waals surface area contributed by atoms with Crippen LogP contribution in [0, 0.1) is 0 Å². The maximum absolute atomic E-state index is 12.8. The highest BCUT2D eigenvalue weighted by Gasteiger charge is 2.30. The van der Waals surface area contributed by atoms with E-state index < -0.39 is 6.36 Å². The number of nitrogens with one attached hydrogen (secondary N) is 2. The topological polar surface area (TPSA) is 67.7 Å². The summed E-state index contributed by atoms with van der Waals surface area (Å²) >= 11 is 0. The summed E-state index contributed by atoms with van der Waals surface area (Å²) in [6.07, 6.45) is -2.22. The Kier molecular flexibility index (Phi) is 8.01. The average molecular weight is 485 g/mol. The minimum absolute atomic E-state index is 0. The van der Waals surface area contributed by atoms with Crippen LogP contribution in [0.4, 0.5) is 18.9 Å². The number of aromatic nitrogens is 2. The van der Waals surface area contributed by atoms with Crippen molar-refractivity contribution in [3.63, 3.8) is 0 Å². The van der Waals surface area contributed by atoms with E-state index in [4.69, 9.17) is 0 Å². The molecular weight excluding hydrogens is 457 g/mol. The van der Waals surface area contributed by atoms with Crippen molar-refractivity contribution in [3.05, 3.63) is 95.4 Å². The number of benzene rings is 2. The van der Waals surface area contributed by atoms with Crippen LogP contribution in [0.1, 0.15) is 41.7 Å². The molecule has 0 aliphatic heterocycles. The summed E-state index contributed by atoms with van der Waals surface area (Å²) < 4.78 is 42.4. The molecule has 0 fully saturated rings. The van der Waals surface area contributed by atoms with Crippen LogP contribution >= 0.6 is 0 Å². The Morgan fingerprint density at radius 3 is 2.29 bits per heavy atom. The number of imidazole rings is 1. The van der Waals surface area contributed by atoms with Gasteiger partial charge in [0.05, 0.1) is 5.69 Å². The van der Waals surface area contributed by atoms with Crippen molar-refractivity contribution in [3.8, 4) is 5.75 Å². The zero-order valence-corrected chi connectivity index (χ0v) is 18.4. The van der Waals surface area contributed by atoms with E-state index in [9.17, 15) is 18.0 Å². The number of rotatable bonds is 8. The van der Waals surface area contributed by atoms with Gasteiger partial charge in [-0.3, -0.25) is 9.20 Å². The van der Waals surface area contributed by atoms with Gasteiger partial charge in [0.15, 0.2) is 0 Å². The zero-order valence-electron chi connectivity index (χ0n) is 18.4. The standard InChI is InChI=1S/C25H23F3N4O2.CH4/c1-2-21-23(32-14-4-3-5-22(32)31-21)24(33)30-16-17-6-10-19(11-7-17)29-15-18-8-12-20(13-9-18)34-25(26,27)28;/h3-14,29H,2,15-16H2,1H3,(H,30,33);1H4. The Hall–Kier alpha value is -4.01. The first kappa shape index (κ1) is 25.6. The summed E-state index contributed by atoms with van der Waals surface area (Å²) in [4.78, 5) is 17.4. The Labute approximate surface area is 201 Å². The van der Waals surface area contributed by atoms with Crippen LogP contribution in [-0.4, -0.2) is 21.7 Å². The molecular formula is C26H27F3N4O2. The summed E-state index contributed by atoms with van der Waals surface area (Å²) in [7, 11) is 0. The van der Waals surface area contributed by atoms with Crippen LogP contribution in [0.3, 0.4) is 0 Å². The van der Waals surface area contributed by atoms with Gasteiger partial charge in [0.1, 0.15) is 17.1 Å². The summed E-state index contributed by atoms with van der Waals surface area (Å²) in [6, 6.07) is 18.9. The molecule has 0 unspecified atom stereocenters. The minimum atomic E-state index is -4.70. The fourth-order valence-corrected chi connectivity index (χ4v) is 3.55. The number of alkyl halides is 3. The third kappa shape index (κ3) is 6.53. The Morgan fingerprint density at radius 2 is 1.63 bits per heavy atom. The first-order valence-corrected chi connectivity index (χ1v) is 10.7. The maximum atomic E-state index is 12.8. The fourth-order valence-electron chi connectivity index (χ4n) is 3.55. The number of amides is 1. The molecule has 0 aliphatic carbocycles. The van der Waals surface area contributed by atoms with Crippen LogP contribution in [0.2, 0.25) is 0 Å². The third-order valence-electron chi connectivity index (χ3n) is 5.21. The van der Waals surface area contributed by atoms with Gasteiger partial charge in [0.2, 0.25) is 0 Å². The number of ether oxygens (including phenoxy) is 1. The molecule has 35 heavy (non-hydrogen) atoms. The van der Waals surface area contributed by atoms with Crippen LogP contribution in [0.25, 0.3) is 5.65 Å². The highest BCUT2D eigenvalue weighted by Crippen LogP contribution is 2.23. The largest absolute Gasteiger partial charge is 0.573 e. The zero-order chi connectivity index (χ0) is 24.1. The molecule has 184 valence electrons. The fraction of sp³-hybridized carbons (Fsp3) is 0.231. The molecule has 0 bridgehead atoms. The van der Waals surface area contributed by atoms with Crippen molar-refractivity contribution < 1.29 is 22.7 Å². The molecule has 2 N–H and O–H groups in total. The number of aryl methyl sites for hydroxylation is 1. The number of nitrogens with zero attached hydrogens (tertiary/aromatic N) is 2. The lowest BCUT2D eigenvalue weighted by Crippen LogP contribution is -2.25. The van der Waals surface area contributed by atoms with Crippen molar-refractivity contribution >= 4 is 17.2 Å². The summed E-state index contributed by atoms with van der Waals surface area (Å²) in [5.74, 6) is -0.437. The van der Waals surface area contributed by atoms with Crippen LogP contribution in [0.15, 0.2) is 72.9 Å². The molecule has 6 nitrogen and oxygen atoms in total. The maximum Gasteiger partial charge on any atom is 0.573 e. The highest BCUT2D eigenvalue weighted by molar-refractivity contribution is 5.94. The highest BCUT2D eigenvalue weighted by atomic mass is 19.4. The predicted octanol–water partition coefficient (Wildman–Crippen LogP) is 5.97. The molecule has 0 saturated heterocycles. The number of pyridine rings is 1. The number of anilines is 1. The molecule has 0 atom stereocenters. The summed E-state index contributed by atoms with van der Waals surface area (Å²) in [6.45, 7) is 2.77. The lowest BCUT2D eigenvalue weighted by atomic mass is 10.1. The van der Waals surface area contributed by atoms with Gasteiger partial charge in [-0.2, -0.15) is 0 Å². The molecule has 1 amide bonds. The quantitative estimate of drug-likeness (QED) is 0.323. The molecule has 0 spiro atoms. The normalized spacial score (nSPS) is 11.1. The van der Waals surface area contributed by atoms with E-state index in [0.717, 1.165) is 28.2 Å². The van der Waals surface area contributed by atoms with Crippen LogP contribution < -0.4 is 15.4 Å². The Bertz CT molecular complexity index is 1270. The number of carbonyl (C=O) groups excluding carboxylic acids is 1. The smallest absolute Gasteiger partial charge is 0.406 e. The number of hydrogen-bond donors (Lipinski definition) is 2. The first-order chi connectivity index (χ1) is 16.3. The van der Waals surface area contributed by atoms with Crippen molar-refractivity contribution in [2.75, 3.05) is 5.32 Å². The van der Waals surface area contributed by atoms with Crippen molar-refractivity contribution in [1.82, 2.24) is 14.7 Å². The second-order valence-electron chi connectivity index (χ2n) is 7.61. The monoisotopic (exact) mass is 484 g/mol. The van der Waals surface area contributed by atoms with E-state index in [2.05, 4.69) is 20.4 Å². The predicted molar refractivity (Wildman–Crippen MR) is 129 cm³/mol. The van der Waals surface area contributed by atoms with E-state index >= 15 is 0 Å². The van der Waals surface area contributed by atoms with E-state index in [-0.39, 0.29) is 19.1 Å². The van der Waals surface area contributed by atoms with Crippen LogP contribution in [-0.2, 0) is 19.5 Å². The summed E-state index contributed by atoms with van der Waals surface area (Å²) in [5.41, 5.74) is 4.62. The van der Waals surface area contributed by atoms with Crippen LogP contribution in [0.5, 0.6) is 5.75 Å². The summed E-state index contributed by atoms with van der Waals surface area (Å²) in [5, 5.41) is 6.17. The lowest BCUT2D eigenvalue weighted by molar-refractivity contribution is -0.274. The van der Waals surface area contributed by atoms with Gasteiger partial charge in [-0.1, -0.05) is 44.7 Å². The van der Waals surface area contributed by atoms with Gasteiger partial charge in [-0.05, 0) is 53.9 Å². The molecule has 4 aromatic rings.